The van der Waals surface area contributed by atoms with Gasteiger partial charge in [-0.3, -0.25) is 0 Å². The van der Waals surface area contributed by atoms with E-state index in [1.807, 2.05) is 0 Å². The first-order valence-corrected chi connectivity index (χ1v) is 10.5. The fraction of sp³-hybridized carbons (Fsp3) is 1.00. The zero-order valence-electron chi connectivity index (χ0n) is 16.8. The van der Waals surface area contributed by atoms with Crippen molar-refractivity contribution in [3.63, 3.8) is 0 Å². The van der Waals surface area contributed by atoms with Crippen LogP contribution in [0.15, 0.2) is 0 Å². The average Bonchev–Trinajstić information content (AvgIpc) is 2.47. The van der Waals surface area contributed by atoms with E-state index in [2.05, 4.69) is 41.5 Å². The Kier molecular flexibility index (Phi) is 14.6. The third kappa shape index (κ3) is 13.6. The Bertz CT molecular complexity index is 220. The van der Waals surface area contributed by atoms with E-state index in [4.69, 9.17) is 0 Å². The highest BCUT2D eigenvalue weighted by Gasteiger charge is 2.08. The van der Waals surface area contributed by atoms with Gasteiger partial charge in [0.15, 0.2) is 0 Å². The molecule has 0 aliphatic rings. The normalized spacial score (nSPS) is 17.2. The molecular weight excluding hydrogens is 264 g/mol. The molecule has 0 aliphatic heterocycles. The van der Waals surface area contributed by atoms with E-state index < -0.39 is 0 Å². The van der Waals surface area contributed by atoms with Gasteiger partial charge in [-0.25, -0.2) is 0 Å². The summed E-state index contributed by atoms with van der Waals surface area (Å²) in [6, 6.07) is 0. The van der Waals surface area contributed by atoms with E-state index in [0.717, 1.165) is 23.7 Å². The molecule has 0 aliphatic carbocycles. The van der Waals surface area contributed by atoms with E-state index in [1.54, 1.807) is 0 Å². The highest BCUT2D eigenvalue weighted by Crippen LogP contribution is 2.23. The second-order valence-corrected chi connectivity index (χ2v) is 8.41. The Balaban J connectivity index is 3.48. The predicted molar refractivity (Wildman–Crippen MR) is 103 cm³/mol. The minimum absolute atomic E-state index is 0.933. The highest BCUT2D eigenvalue weighted by atomic mass is 14.1. The van der Waals surface area contributed by atoms with Crippen molar-refractivity contribution < 1.29 is 0 Å². The molecule has 0 heterocycles. The molecule has 0 aromatic rings. The van der Waals surface area contributed by atoms with Crippen LogP contribution in [0.4, 0.5) is 0 Å². The van der Waals surface area contributed by atoms with Crippen molar-refractivity contribution in [1.29, 1.82) is 0 Å². The van der Waals surface area contributed by atoms with Crippen LogP contribution in [-0.4, -0.2) is 0 Å². The molecule has 0 saturated heterocycles. The molecule has 134 valence electrons. The van der Waals surface area contributed by atoms with Gasteiger partial charge in [-0.05, 0) is 23.7 Å². The maximum atomic E-state index is 2.47. The smallest absolute Gasteiger partial charge is 0.0443 e. The molecule has 0 rings (SSSR count). The zero-order valence-corrected chi connectivity index (χ0v) is 16.8. The van der Waals surface area contributed by atoms with Crippen molar-refractivity contribution in [3.8, 4) is 0 Å². The molecule has 0 radical (unpaired) electrons. The fourth-order valence-corrected chi connectivity index (χ4v) is 3.57. The molecule has 0 fully saturated rings. The summed E-state index contributed by atoms with van der Waals surface area (Å²) in [6.07, 6.45) is 17.2. The van der Waals surface area contributed by atoms with Crippen molar-refractivity contribution in [2.45, 2.75) is 119 Å². The molecule has 4 atom stereocenters. The SMILES string of the molecule is CCCC(C)CCCC(C)CCCC(C)CCCC(C)CC. The maximum absolute atomic E-state index is 2.47. The quantitative estimate of drug-likeness (QED) is 0.285. The van der Waals surface area contributed by atoms with Crippen LogP contribution in [0.2, 0.25) is 0 Å². The van der Waals surface area contributed by atoms with Crippen molar-refractivity contribution >= 4 is 0 Å². The molecular formula is C22H46. The molecule has 4 unspecified atom stereocenters. The molecule has 22 heavy (non-hydrogen) atoms. The van der Waals surface area contributed by atoms with Crippen LogP contribution in [0.1, 0.15) is 119 Å². The highest BCUT2D eigenvalue weighted by molar-refractivity contribution is 4.61. The second-order valence-electron chi connectivity index (χ2n) is 8.41. The molecule has 0 spiro atoms. The van der Waals surface area contributed by atoms with Gasteiger partial charge in [0.1, 0.15) is 0 Å². The van der Waals surface area contributed by atoms with E-state index in [0.29, 0.717) is 0 Å². The summed E-state index contributed by atoms with van der Waals surface area (Å²) in [5.74, 6) is 3.77. The van der Waals surface area contributed by atoms with E-state index in [-0.39, 0.29) is 0 Å². The van der Waals surface area contributed by atoms with Crippen LogP contribution in [-0.2, 0) is 0 Å². The van der Waals surface area contributed by atoms with E-state index in [9.17, 15) is 0 Å². The van der Waals surface area contributed by atoms with Crippen molar-refractivity contribution in [2.24, 2.45) is 23.7 Å². The molecule has 0 saturated carbocycles. The lowest BCUT2D eigenvalue weighted by Gasteiger charge is -2.16. The van der Waals surface area contributed by atoms with Gasteiger partial charge in [0.25, 0.3) is 0 Å². The maximum Gasteiger partial charge on any atom is -0.0443 e. The summed E-state index contributed by atoms with van der Waals surface area (Å²) < 4.78 is 0. The van der Waals surface area contributed by atoms with Gasteiger partial charge in [0, 0.05) is 0 Å². The molecule has 0 aromatic heterocycles. The number of rotatable bonds is 15. The fourth-order valence-electron chi connectivity index (χ4n) is 3.57. The third-order valence-corrected chi connectivity index (χ3v) is 5.66. The lowest BCUT2D eigenvalue weighted by molar-refractivity contribution is 0.370. The Morgan fingerprint density at radius 1 is 0.455 bits per heavy atom. The lowest BCUT2D eigenvalue weighted by Crippen LogP contribution is -2.01. The standard InChI is InChI=1S/C22H46/c1-7-12-20(4)14-10-16-22(6)18-11-17-21(5)15-9-13-19(3)8-2/h19-22H,7-18H2,1-6H3. The Morgan fingerprint density at radius 3 is 1.09 bits per heavy atom. The first-order chi connectivity index (χ1) is 10.5. The van der Waals surface area contributed by atoms with Gasteiger partial charge < -0.3 is 0 Å². The average molecular weight is 311 g/mol. The van der Waals surface area contributed by atoms with Gasteiger partial charge in [0.2, 0.25) is 0 Å². The van der Waals surface area contributed by atoms with Crippen LogP contribution in [0.25, 0.3) is 0 Å². The summed E-state index contributed by atoms with van der Waals surface area (Å²) in [5, 5.41) is 0. The van der Waals surface area contributed by atoms with Gasteiger partial charge in [-0.1, -0.05) is 119 Å². The van der Waals surface area contributed by atoms with Crippen LogP contribution in [0, 0.1) is 23.7 Å². The first kappa shape index (κ1) is 22.0. The van der Waals surface area contributed by atoms with Gasteiger partial charge >= 0.3 is 0 Å². The summed E-state index contributed by atoms with van der Waals surface area (Å²) in [6.45, 7) is 14.4. The predicted octanol–water partition coefficient (Wildman–Crippen LogP) is 8.25. The Morgan fingerprint density at radius 2 is 0.773 bits per heavy atom. The van der Waals surface area contributed by atoms with Crippen molar-refractivity contribution in [1.82, 2.24) is 0 Å². The Hall–Kier alpha value is 0. The number of hydrogen-bond donors (Lipinski definition) is 0. The Labute approximate surface area is 142 Å². The second kappa shape index (κ2) is 14.6. The van der Waals surface area contributed by atoms with Crippen LogP contribution in [0.3, 0.4) is 0 Å². The first-order valence-electron chi connectivity index (χ1n) is 10.5. The summed E-state index contributed by atoms with van der Waals surface area (Å²) in [7, 11) is 0. The van der Waals surface area contributed by atoms with Crippen LogP contribution in [0.5, 0.6) is 0 Å². The topological polar surface area (TPSA) is 0 Å². The number of hydrogen-bond acceptors (Lipinski definition) is 0. The molecule has 0 amide bonds. The third-order valence-electron chi connectivity index (χ3n) is 5.66. The van der Waals surface area contributed by atoms with Gasteiger partial charge in [0.05, 0.1) is 0 Å². The van der Waals surface area contributed by atoms with Crippen LogP contribution < -0.4 is 0 Å². The zero-order chi connectivity index (χ0) is 16.8. The molecule has 0 heteroatoms. The summed E-state index contributed by atoms with van der Waals surface area (Å²) >= 11 is 0. The van der Waals surface area contributed by atoms with E-state index >= 15 is 0 Å². The molecule has 0 N–H and O–H groups in total. The van der Waals surface area contributed by atoms with Crippen molar-refractivity contribution in [2.75, 3.05) is 0 Å². The van der Waals surface area contributed by atoms with Gasteiger partial charge in [-0.2, -0.15) is 0 Å². The van der Waals surface area contributed by atoms with Crippen LogP contribution >= 0.6 is 0 Å². The summed E-state index contributed by atoms with van der Waals surface area (Å²) in [4.78, 5) is 0. The largest absolute Gasteiger partial charge is 0.0654 e. The molecule has 0 nitrogen and oxygen atoms in total. The monoisotopic (exact) mass is 310 g/mol. The molecule has 0 aromatic carbocycles. The lowest BCUT2D eigenvalue weighted by atomic mass is 9.90. The molecule has 0 bridgehead atoms. The minimum Gasteiger partial charge on any atom is -0.0654 e. The van der Waals surface area contributed by atoms with Gasteiger partial charge in [-0.15, -0.1) is 0 Å². The minimum atomic E-state index is 0.933. The summed E-state index contributed by atoms with van der Waals surface area (Å²) in [5.41, 5.74) is 0. The van der Waals surface area contributed by atoms with Crippen molar-refractivity contribution in [3.05, 3.63) is 0 Å². The van der Waals surface area contributed by atoms with E-state index in [1.165, 1.54) is 77.0 Å².